The van der Waals surface area contributed by atoms with E-state index >= 15 is 0 Å². The maximum absolute atomic E-state index is 9.99. The molecule has 0 aliphatic carbocycles. The van der Waals surface area contributed by atoms with E-state index in [0.717, 1.165) is 22.8 Å². The molecule has 2 N–H and O–H groups in total. The maximum atomic E-state index is 9.99. The number of nitrogens with one attached hydrogen (secondary N) is 1. The lowest BCUT2D eigenvalue weighted by Crippen LogP contribution is -2.10. The molecule has 3 nitrogen and oxygen atoms in total. The Morgan fingerprint density at radius 3 is 2.33 bits per heavy atom. The highest BCUT2D eigenvalue weighted by atomic mass is 16.3. The first-order valence-corrected chi connectivity index (χ1v) is 6.16. The van der Waals surface area contributed by atoms with Gasteiger partial charge >= 0.3 is 0 Å². The predicted octanol–water partition coefficient (Wildman–Crippen LogP) is 3.70. The third kappa shape index (κ3) is 2.26. The number of rotatable bonds is 1. The van der Waals surface area contributed by atoms with Crippen LogP contribution in [0, 0.1) is 13.8 Å². The summed E-state index contributed by atoms with van der Waals surface area (Å²) in [6, 6.07) is 5.71. The summed E-state index contributed by atoms with van der Waals surface area (Å²) in [5, 5.41) is 9.99. The van der Waals surface area contributed by atoms with Gasteiger partial charge in [-0.1, -0.05) is 26.8 Å². The Kier molecular flexibility index (Phi) is 2.93. The summed E-state index contributed by atoms with van der Waals surface area (Å²) in [6.45, 7) is 10.4. The molecule has 0 spiro atoms. The number of phenolic OH excluding ortho intramolecular Hbond substituents is 1. The van der Waals surface area contributed by atoms with Crippen molar-refractivity contribution in [3.8, 4) is 17.1 Å². The summed E-state index contributed by atoms with van der Waals surface area (Å²) in [5.41, 5.74) is 4.00. The van der Waals surface area contributed by atoms with Crippen LogP contribution in [0.15, 0.2) is 18.2 Å². The summed E-state index contributed by atoms with van der Waals surface area (Å²) >= 11 is 0. The molecule has 0 aliphatic rings. The molecule has 2 rings (SSSR count). The maximum Gasteiger partial charge on any atom is 0.141 e. The zero-order valence-corrected chi connectivity index (χ0v) is 11.6. The molecule has 0 unspecified atom stereocenters. The van der Waals surface area contributed by atoms with Gasteiger partial charge in [0.1, 0.15) is 11.6 Å². The molecule has 0 fully saturated rings. The van der Waals surface area contributed by atoms with Gasteiger partial charge in [-0.25, -0.2) is 4.98 Å². The van der Waals surface area contributed by atoms with Crippen LogP contribution in [0.2, 0.25) is 0 Å². The van der Waals surface area contributed by atoms with Crippen LogP contribution in [0.3, 0.4) is 0 Å². The zero-order chi connectivity index (χ0) is 13.5. The second-order valence-electron chi connectivity index (χ2n) is 5.78. The molecular formula is C15H20N2O. The van der Waals surface area contributed by atoms with Crippen molar-refractivity contribution in [2.75, 3.05) is 0 Å². The lowest BCUT2D eigenvalue weighted by molar-refractivity contribution is 0.475. The Morgan fingerprint density at radius 1 is 1.17 bits per heavy atom. The predicted molar refractivity (Wildman–Crippen MR) is 73.9 cm³/mol. The van der Waals surface area contributed by atoms with Gasteiger partial charge in [-0.2, -0.15) is 0 Å². The monoisotopic (exact) mass is 244 g/mol. The van der Waals surface area contributed by atoms with E-state index in [1.54, 1.807) is 6.07 Å². The summed E-state index contributed by atoms with van der Waals surface area (Å²) < 4.78 is 0. The lowest BCUT2D eigenvalue weighted by Gasteiger charge is -2.19. The summed E-state index contributed by atoms with van der Waals surface area (Å²) in [4.78, 5) is 7.66. The number of imidazole rings is 1. The first kappa shape index (κ1) is 12.7. The smallest absolute Gasteiger partial charge is 0.141 e. The van der Waals surface area contributed by atoms with E-state index < -0.39 is 0 Å². The van der Waals surface area contributed by atoms with Gasteiger partial charge in [-0.3, -0.25) is 0 Å². The van der Waals surface area contributed by atoms with Crippen LogP contribution in [0.5, 0.6) is 5.75 Å². The minimum absolute atomic E-state index is 0.0547. The molecule has 1 heterocycles. The van der Waals surface area contributed by atoms with Crippen molar-refractivity contribution in [3.63, 3.8) is 0 Å². The van der Waals surface area contributed by atoms with E-state index in [1.165, 1.54) is 5.56 Å². The molecule has 3 heteroatoms. The molecule has 0 radical (unpaired) electrons. The number of hydrogen-bond donors (Lipinski definition) is 2. The minimum Gasteiger partial charge on any atom is -0.507 e. The van der Waals surface area contributed by atoms with E-state index in [4.69, 9.17) is 0 Å². The van der Waals surface area contributed by atoms with Crippen molar-refractivity contribution < 1.29 is 5.11 Å². The molecule has 96 valence electrons. The normalized spacial score (nSPS) is 11.8. The van der Waals surface area contributed by atoms with Gasteiger partial charge in [0.2, 0.25) is 0 Å². The highest BCUT2D eigenvalue weighted by molar-refractivity contribution is 5.65. The van der Waals surface area contributed by atoms with E-state index in [0.29, 0.717) is 0 Å². The van der Waals surface area contributed by atoms with Crippen LogP contribution in [0.25, 0.3) is 11.4 Å². The molecule has 0 atom stereocenters. The number of aromatic hydroxyl groups is 1. The van der Waals surface area contributed by atoms with Crippen molar-refractivity contribution >= 4 is 0 Å². The first-order chi connectivity index (χ1) is 8.29. The van der Waals surface area contributed by atoms with Crippen LogP contribution < -0.4 is 0 Å². The molecule has 2 aromatic rings. The van der Waals surface area contributed by atoms with E-state index in [-0.39, 0.29) is 11.2 Å². The molecule has 0 saturated carbocycles. The van der Waals surface area contributed by atoms with Crippen molar-refractivity contribution in [3.05, 3.63) is 35.2 Å². The number of aryl methyl sites for hydroxylation is 2. The number of phenols is 1. The van der Waals surface area contributed by atoms with Gasteiger partial charge in [0.05, 0.1) is 11.3 Å². The van der Waals surface area contributed by atoms with E-state index in [2.05, 4.69) is 30.7 Å². The summed E-state index contributed by atoms with van der Waals surface area (Å²) in [7, 11) is 0. The second kappa shape index (κ2) is 4.16. The summed E-state index contributed by atoms with van der Waals surface area (Å²) in [5.74, 6) is 0.991. The van der Waals surface area contributed by atoms with Crippen molar-refractivity contribution in [1.29, 1.82) is 0 Å². The Balaban J connectivity index is 2.56. The quantitative estimate of drug-likeness (QED) is 0.803. The number of hydrogen-bond acceptors (Lipinski definition) is 2. The third-order valence-corrected chi connectivity index (χ3v) is 3.25. The van der Waals surface area contributed by atoms with Crippen LogP contribution >= 0.6 is 0 Å². The fraction of sp³-hybridized carbons (Fsp3) is 0.400. The fourth-order valence-corrected chi connectivity index (χ4v) is 1.87. The molecule has 0 amide bonds. The molecular weight excluding hydrogens is 224 g/mol. The Hall–Kier alpha value is -1.77. The number of benzene rings is 1. The average Bonchev–Trinajstić information content (AvgIpc) is 2.58. The first-order valence-electron chi connectivity index (χ1n) is 6.16. The third-order valence-electron chi connectivity index (χ3n) is 3.25. The molecule has 0 saturated heterocycles. The van der Waals surface area contributed by atoms with Gasteiger partial charge in [0.25, 0.3) is 0 Å². The van der Waals surface area contributed by atoms with Gasteiger partial charge in [-0.15, -0.1) is 0 Å². The Morgan fingerprint density at radius 2 is 1.83 bits per heavy atom. The van der Waals surface area contributed by atoms with E-state index in [9.17, 15) is 5.11 Å². The lowest BCUT2D eigenvalue weighted by atomic mass is 9.86. The van der Waals surface area contributed by atoms with Crippen molar-refractivity contribution in [2.24, 2.45) is 0 Å². The molecule has 0 aliphatic heterocycles. The van der Waals surface area contributed by atoms with Crippen LogP contribution in [-0.4, -0.2) is 15.1 Å². The molecule has 1 aromatic heterocycles. The summed E-state index contributed by atoms with van der Waals surface area (Å²) in [6.07, 6.45) is 0. The largest absolute Gasteiger partial charge is 0.507 e. The molecule has 18 heavy (non-hydrogen) atoms. The van der Waals surface area contributed by atoms with Crippen LogP contribution in [0.1, 0.15) is 37.7 Å². The van der Waals surface area contributed by atoms with Gasteiger partial charge in [0.15, 0.2) is 0 Å². The zero-order valence-electron chi connectivity index (χ0n) is 11.6. The van der Waals surface area contributed by atoms with Crippen LogP contribution in [0.4, 0.5) is 0 Å². The van der Waals surface area contributed by atoms with Gasteiger partial charge in [0, 0.05) is 5.69 Å². The van der Waals surface area contributed by atoms with E-state index in [1.807, 2.05) is 26.0 Å². The average molecular weight is 244 g/mol. The Bertz CT molecular complexity index is 557. The van der Waals surface area contributed by atoms with Crippen molar-refractivity contribution in [2.45, 2.75) is 40.0 Å². The molecule has 0 bridgehead atoms. The fourth-order valence-electron chi connectivity index (χ4n) is 1.87. The van der Waals surface area contributed by atoms with Crippen LogP contribution in [-0.2, 0) is 5.41 Å². The highest BCUT2D eigenvalue weighted by Crippen LogP contribution is 2.32. The number of aromatic nitrogens is 2. The SMILES string of the molecule is Cc1nc(-c2cc(C(C)(C)C)ccc2O)[nH]c1C. The Labute approximate surface area is 108 Å². The topological polar surface area (TPSA) is 48.9 Å². The molecule has 1 aromatic carbocycles. The number of H-pyrrole nitrogens is 1. The van der Waals surface area contributed by atoms with Gasteiger partial charge in [-0.05, 0) is 37.0 Å². The standard InChI is InChI=1S/C15H20N2O/c1-9-10(2)17-14(16-9)12-8-11(15(3,4)5)6-7-13(12)18/h6-8,18H,1-5H3,(H,16,17). The minimum atomic E-state index is 0.0547. The highest BCUT2D eigenvalue weighted by Gasteiger charge is 2.17. The van der Waals surface area contributed by atoms with Crippen molar-refractivity contribution in [1.82, 2.24) is 9.97 Å². The number of nitrogens with zero attached hydrogens (tertiary/aromatic N) is 1. The van der Waals surface area contributed by atoms with Gasteiger partial charge < -0.3 is 10.1 Å². The number of aromatic amines is 1. The second-order valence-corrected chi connectivity index (χ2v) is 5.78.